The van der Waals surface area contributed by atoms with Gasteiger partial charge in [-0.05, 0) is 53.9 Å². The zero-order chi connectivity index (χ0) is 34.0. The van der Waals surface area contributed by atoms with Crippen molar-refractivity contribution in [2.75, 3.05) is 31.6 Å². The summed E-state index contributed by atoms with van der Waals surface area (Å²) in [5, 5.41) is 3.64. The van der Waals surface area contributed by atoms with Crippen molar-refractivity contribution in [3.63, 3.8) is 0 Å². The van der Waals surface area contributed by atoms with Crippen LogP contribution in [0.25, 0.3) is 0 Å². The average Bonchev–Trinajstić information content (AvgIpc) is 3.08. The first-order valence-electron chi connectivity index (χ1n) is 14.9. The van der Waals surface area contributed by atoms with E-state index in [1.807, 2.05) is 37.3 Å². The fraction of sp³-hybridized carbons (Fsp3) is 0.257. The Labute approximate surface area is 286 Å². The van der Waals surface area contributed by atoms with Crippen LogP contribution in [0.3, 0.4) is 0 Å². The van der Waals surface area contributed by atoms with Crippen molar-refractivity contribution in [2.24, 2.45) is 0 Å². The van der Waals surface area contributed by atoms with E-state index in [0.29, 0.717) is 34.3 Å². The Hall–Kier alpha value is -4.25. The molecule has 0 heterocycles. The van der Waals surface area contributed by atoms with Crippen LogP contribution in [-0.4, -0.2) is 58.5 Å². The second-order valence-electron chi connectivity index (χ2n) is 10.6. The van der Waals surface area contributed by atoms with Crippen LogP contribution >= 0.6 is 23.2 Å². The minimum atomic E-state index is -4.34. The summed E-state index contributed by atoms with van der Waals surface area (Å²) in [6, 6.07) is 25.7. The molecule has 248 valence electrons. The van der Waals surface area contributed by atoms with E-state index < -0.39 is 28.5 Å². The van der Waals surface area contributed by atoms with Crippen LogP contribution in [0.1, 0.15) is 24.5 Å². The first-order valence-corrected chi connectivity index (χ1v) is 17.1. The third kappa shape index (κ3) is 8.97. The highest BCUT2D eigenvalue weighted by atomic mass is 35.5. The predicted molar refractivity (Wildman–Crippen MR) is 185 cm³/mol. The van der Waals surface area contributed by atoms with Gasteiger partial charge < -0.3 is 19.7 Å². The highest BCUT2D eigenvalue weighted by Crippen LogP contribution is 2.32. The molecule has 0 aliphatic carbocycles. The Bertz CT molecular complexity index is 1780. The van der Waals surface area contributed by atoms with Crippen LogP contribution < -0.4 is 19.1 Å². The van der Waals surface area contributed by atoms with Crippen molar-refractivity contribution < 1.29 is 27.5 Å². The smallest absolute Gasteiger partial charge is 0.264 e. The fourth-order valence-electron chi connectivity index (χ4n) is 4.98. The van der Waals surface area contributed by atoms with Crippen molar-refractivity contribution in [3.8, 4) is 11.5 Å². The third-order valence-corrected chi connectivity index (χ3v) is 9.80. The Morgan fingerprint density at radius 3 is 2.13 bits per heavy atom. The molecule has 0 saturated carbocycles. The summed E-state index contributed by atoms with van der Waals surface area (Å²) in [5.74, 6) is -0.427. The molecule has 0 aliphatic heterocycles. The molecule has 1 atom stereocenters. The van der Waals surface area contributed by atoms with Crippen LogP contribution in [0.2, 0.25) is 10.0 Å². The SMILES string of the molecule is CCCNC(=O)C(Cc1ccccc1)N(Cc1ccc(Cl)cc1Cl)C(=O)CN(c1ccccc1)S(=O)(=O)c1ccc(OC)c(OC)c1. The van der Waals surface area contributed by atoms with Gasteiger partial charge >= 0.3 is 0 Å². The molecule has 1 N–H and O–H groups in total. The van der Waals surface area contributed by atoms with Gasteiger partial charge in [0.2, 0.25) is 11.8 Å². The van der Waals surface area contributed by atoms with Gasteiger partial charge in [-0.25, -0.2) is 8.42 Å². The lowest BCUT2D eigenvalue weighted by molar-refractivity contribution is -0.140. The van der Waals surface area contributed by atoms with Crippen LogP contribution in [0, 0.1) is 0 Å². The van der Waals surface area contributed by atoms with Gasteiger partial charge in [0.1, 0.15) is 12.6 Å². The number of methoxy groups -OCH3 is 2. The molecule has 4 rings (SSSR count). The van der Waals surface area contributed by atoms with Crippen molar-refractivity contribution >= 4 is 50.7 Å². The maximum Gasteiger partial charge on any atom is 0.264 e. The maximum absolute atomic E-state index is 14.5. The summed E-state index contributed by atoms with van der Waals surface area (Å²) in [7, 11) is -1.48. The van der Waals surface area contributed by atoms with Gasteiger partial charge in [-0.2, -0.15) is 0 Å². The van der Waals surface area contributed by atoms with Crippen molar-refractivity contribution in [2.45, 2.75) is 37.2 Å². The Balaban J connectivity index is 1.82. The lowest BCUT2D eigenvalue weighted by atomic mass is 10.0. The molecule has 47 heavy (non-hydrogen) atoms. The summed E-state index contributed by atoms with van der Waals surface area (Å²) < 4.78 is 40.3. The minimum absolute atomic E-state index is 0.0785. The van der Waals surface area contributed by atoms with E-state index in [1.165, 1.54) is 37.3 Å². The number of carbonyl (C=O) groups excluding carboxylic acids is 2. The van der Waals surface area contributed by atoms with E-state index in [2.05, 4.69) is 5.32 Å². The number of amides is 2. The number of hydrogen-bond donors (Lipinski definition) is 1. The van der Waals surface area contributed by atoms with Crippen molar-refractivity contribution in [1.82, 2.24) is 10.2 Å². The molecule has 0 saturated heterocycles. The van der Waals surface area contributed by atoms with Crippen LogP contribution in [0.15, 0.2) is 102 Å². The highest BCUT2D eigenvalue weighted by Gasteiger charge is 2.35. The van der Waals surface area contributed by atoms with Crippen LogP contribution in [0.5, 0.6) is 11.5 Å². The number of rotatable bonds is 15. The second-order valence-corrected chi connectivity index (χ2v) is 13.3. The lowest BCUT2D eigenvalue weighted by Gasteiger charge is -2.34. The number of nitrogens with one attached hydrogen (secondary N) is 1. The zero-order valence-corrected chi connectivity index (χ0v) is 28.7. The van der Waals surface area contributed by atoms with Gasteiger partial charge in [0.05, 0.1) is 24.8 Å². The molecule has 4 aromatic carbocycles. The number of nitrogens with zero attached hydrogens (tertiary/aromatic N) is 2. The molecule has 0 spiro atoms. The second kappa shape index (κ2) is 16.5. The first-order chi connectivity index (χ1) is 22.6. The number of halogens is 2. The molecule has 0 aliphatic rings. The Kier molecular flexibility index (Phi) is 12.5. The quantitative estimate of drug-likeness (QED) is 0.155. The molecular formula is C35H37Cl2N3O6S. The summed E-state index contributed by atoms with van der Waals surface area (Å²) in [6.45, 7) is 1.64. The molecule has 0 bridgehead atoms. The lowest BCUT2D eigenvalue weighted by Crippen LogP contribution is -2.53. The molecule has 0 aromatic heterocycles. The number of hydrogen-bond acceptors (Lipinski definition) is 6. The van der Waals surface area contributed by atoms with Gasteiger partial charge in [-0.15, -0.1) is 0 Å². The Morgan fingerprint density at radius 1 is 0.851 bits per heavy atom. The summed E-state index contributed by atoms with van der Waals surface area (Å²) in [5.41, 5.74) is 1.62. The normalized spacial score (nSPS) is 11.8. The van der Waals surface area contributed by atoms with E-state index >= 15 is 0 Å². The molecule has 12 heteroatoms. The van der Waals surface area contributed by atoms with Gasteiger partial charge in [-0.3, -0.25) is 13.9 Å². The maximum atomic E-state index is 14.5. The Morgan fingerprint density at radius 2 is 1.51 bits per heavy atom. The van der Waals surface area contributed by atoms with E-state index in [0.717, 1.165) is 9.87 Å². The third-order valence-electron chi connectivity index (χ3n) is 7.44. The van der Waals surface area contributed by atoms with E-state index in [4.69, 9.17) is 32.7 Å². The van der Waals surface area contributed by atoms with Crippen LogP contribution in [0.4, 0.5) is 5.69 Å². The highest BCUT2D eigenvalue weighted by molar-refractivity contribution is 7.92. The van der Waals surface area contributed by atoms with Crippen LogP contribution in [-0.2, 0) is 32.6 Å². The van der Waals surface area contributed by atoms with E-state index in [-0.39, 0.29) is 35.2 Å². The number of anilines is 1. The van der Waals surface area contributed by atoms with Gasteiger partial charge in [-0.1, -0.05) is 84.7 Å². The fourth-order valence-corrected chi connectivity index (χ4v) is 6.88. The standard InChI is InChI=1S/C35H37Cl2N3O6S/c1-4-19-38-35(42)31(20-25-11-7-5-8-12-25)39(23-26-15-16-27(36)21-30(26)37)34(41)24-40(28-13-9-6-10-14-28)47(43,44)29-17-18-32(45-2)33(22-29)46-3/h5-18,21-22,31H,4,19-20,23-24H2,1-3H3,(H,38,42). The van der Waals surface area contributed by atoms with E-state index in [1.54, 1.807) is 48.5 Å². The minimum Gasteiger partial charge on any atom is -0.493 e. The number of carbonyl (C=O) groups is 2. The molecule has 1 unspecified atom stereocenters. The van der Waals surface area contributed by atoms with Gasteiger partial charge in [0.15, 0.2) is 11.5 Å². The molecule has 0 radical (unpaired) electrons. The van der Waals surface area contributed by atoms with Gasteiger partial charge in [0, 0.05) is 35.6 Å². The zero-order valence-electron chi connectivity index (χ0n) is 26.4. The monoisotopic (exact) mass is 697 g/mol. The topological polar surface area (TPSA) is 105 Å². The van der Waals surface area contributed by atoms with Gasteiger partial charge in [0.25, 0.3) is 10.0 Å². The van der Waals surface area contributed by atoms with E-state index in [9.17, 15) is 18.0 Å². The largest absolute Gasteiger partial charge is 0.493 e. The first kappa shape index (κ1) is 35.6. The molecular weight excluding hydrogens is 661 g/mol. The van der Waals surface area contributed by atoms with Crippen molar-refractivity contribution in [3.05, 3.63) is 118 Å². The molecule has 0 fully saturated rings. The predicted octanol–water partition coefficient (Wildman–Crippen LogP) is 6.37. The molecule has 2 amide bonds. The molecule has 4 aromatic rings. The number of para-hydroxylation sites is 1. The summed E-state index contributed by atoms with van der Waals surface area (Å²) in [4.78, 5) is 29.6. The summed E-state index contributed by atoms with van der Waals surface area (Å²) in [6.07, 6.45) is 0.868. The number of benzene rings is 4. The number of ether oxygens (including phenoxy) is 2. The molecule has 9 nitrogen and oxygen atoms in total. The summed E-state index contributed by atoms with van der Waals surface area (Å²) >= 11 is 12.7. The van der Waals surface area contributed by atoms with Crippen molar-refractivity contribution in [1.29, 1.82) is 0 Å². The average molecular weight is 699 g/mol. The number of sulfonamides is 1.